The number of benzene rings is 3. The van der Waals surface area contributed by atoms with Gasteiger partial charge >= 0.3 is 12.1 Å². The number of aliphatic carboxylic acids is 1. The second-order valence-electron chi connectivity index (χ2n) is 9.02. The number of carboxylic acid groups (broad SMARTS) is 1. The van der Waals surface area contributed by atoms with Crippen LogP contribution in [0.15, 0.2) is 78.9 Å². The van der Waals surface area contributed by atoms with E-state index in [0.717, 1.165) is 22.3 Å². The number of hydrogen-bond donors (Lipinski definition) is 2. The lowest BCUT2D eigenvalue weighted by molar-refractivity contribution is -0.146. The third-order valence-corrected chi connectivity index (χ3v) is 6.72. The smallest absolute Gasteiger partial charge is 0.408 e. The normalized spacial score (nSPS) is 15.5. The highest BCUT2D eigenvalue weighted by molar-refractivity contribution is 5.87. The molecule has 1 heterocycles. The predicted octanol–water partition coefficient (Wildman–Crippen LogP) is 4.20. The van der Waals surface area contributed by atoms with Gasteiger partial charge in [-0.3, -0.25) is 9.59 Å². The summed E-state index contributed by atoms with van der Waals surface area (Å²) in [6.45, 7) is 0.877. The van der Waals surface area contributed by atoms with E-state index in [2.05, 4.69) is 29.6 Å². The van der Waals surface area contributed by atoms with Crippen LogP contribution in [0.25, 0.3) is 11.1 Å². The monoisotopic (exact) mass is 470 g/mol. The van der Waals surface area contributed by atoms with E-state index in [4.69, 9.17) is 9.84 Å². The van der Waals surface area contributed by atoms with Gasteiger partial charge in [-0.25, -0.2) is 4.79 Å². The topological polar surface area (TPSA) is 95.9 Å². The maximum Gasteiger partial charge on any atom is 0.408 e. The number of nitrogens with one attached hydrogen (secondary N) is 1. The van der Waals surface area contributed by atoms with E-state index in [9.17, 15) is 14.4 Å². The Bertz CT molecular complexity index is 1210. The maximum atomic E-state index is 13.2. The van der Waals surface area contributed by atoms with E-state index in [-0.39, 0.29) is 30.8 Å². The van der Waals surface area contributed by atoms with Gasteiger partial charge in [0.25, 0.3) is 0 Å². The van der Waals surface area contributed by atoms with Crippen molar-refractivity contribution in [3.8, 4) is 11.1 Å². The molecule has 178 valence electrons. The Morgan fingerprint density at radius 1 is 0.886 bits per heavy atom. The van der Waals surface area contributed by atoms with E-state index in [1.807, 2.05) is 30.3 Å². The molecular formula is C28H26N2O5. The molecule has 0 saturated carbocycles. The van der Waals surface area contributed by atoms with Crippen LogP contribution >= 0.6 is 0 Å². The fourth-order valence-corrected chi connectivity index (χ4v) is 5.00. The van der Waals surface area contributed by atoms with Crippen LogP contribution in [-0.4, -0.2) is 47.7 Å². The van der Waals surface area contributed by atoms with Crippen LogP contribution in [0.3, 0.4) is 0 Å². The van der Waals surface area contributed by atoms with Crippen molar-refractivity contribution >= 4 is 18.0 Å². The van der Waals surface area contributed by atoms with E-state index < -0.39 is 18.1 Å². The number of ether oxygens (including phenoxy) is 1. The van der Waals surface area contributed by atoms with Crippen molar-refractivity contribution in [1.29, 1.82) is 0 Å². The fourth-order valence-electron chi connectivity index (χ4n) is 5.00. The lowest BCUT2D eigenvalue weighted by Gasteiger charge is -2.40. The zero-order valence-electron chi connectivity index (χ0n) is 19.1. The molecule has 5 rings (SSSR count). The molecule has 7 heteroatoms. The van der Waals surface area contributed by atoms with Gasteiger partial charge in [-0.05, 0) is 27.8 Å². The summed E-state index contributed by atoms with van der Waals surface area (Å²) in [5, 5.41) is 11.7. The molecule has 0 bridgehead atoms. The number of carboxylic acids is 1. The number of nitrogens with zero attached hydrogens (tertiary/aromatic N) is 1. The van der Waals surface area contributed by atoms with Gasteiger partial charge in [-0.1, -0.05) is 78.9 Å². The molecule has 3 aromatic rings. The minimum atomic E-state index is -0.905. The number of amides is 2. The van der Waals surface area contributed by atoms with Gasteiger partial charge in [0.2, 0.25) is 5.91 Å². The van der Waals surface area contributed by atoms with Gasteiger partial charge in [-0.2, -0.15) is 0 Å². The molecule has 1 atom stereocenters. The molecule has 1 saturated heterocycles. The van der Waals surface area contributed by atoms with E-state index >= 15 is 0 Å². The molecule has 1 aliphatic carbocycles. The molecular weight excluding hydrogens is 444 g/mol. The highest BCUT2D eigenvalue weighted by Gasteiger charge is 2.37. The summed E-state index contributed by atoms with van der Waals surface area (Å²) < 4.78 is 5.65. The number of alkyl carbamates (subject to hydrolysis) is 1. The number of likely N-dealkylation sites (tertiary alicyclic amines) is 1. The van der Waals surface area contributed by atoms with E-state index in [1.54, 1.807) is 29.2 Å². The predicted molar refractivity (Wildman–Crippen MR) is 130 cm³/mol. The standard InChI is InChI=1S/C28H26N2O5/c31-25(32)14-18-15-30(16-18)27(33)26(19-8-2-1-3-9-19)29-28(34)35-17-24-22-12-6-4-10-20(22)21-11-5-7-13-23(21)24/h1-13,18,24,26H,14-17H2,(H,29,34)(H,31,32)/t26-/m1/s1. The highest BCUT2D eigenvalue weighted by Crippen LogP contribution is 2.44. The van der Waals surface area contributed by atoms with Crippen LogP contribution in [0.4, 0.5) is 4.79 Å². The zero-order valence-corrected chi connectivity index (χ0v) is 19.1. The van der Waals surface area contributed by atoms with Crippen LogP contribution in [0.5, 0.6) is 0 Å². The second-order valence-corrected chi connectivity index (χ2v) is 9.02. The molecule has 3 aromatic carbocycles. The van der Waals surface area contributed by atoms with Crippen molar-refractivity contribution in [2.45, 2.75) is 18.4 Å². The quantitative estimate of drug-likeness (QED) is 0.540. The summed E-state index contributed by atoms with van der Waals surface area (Å²) in [6.07, 6.45) is -0.642. The van der Waals surface area contributed by atoms with Crippen molar-refractivity contribution in [3.63, 3.8) is 0 Å². The Morgan fingerprint density at radius 3 is 2.06 bits per heavy atom. The third-order valence-electron chi connectivity index (χ3n) is 6.72. The minimum Gasteiger partial charge on any atom is -0.481 e. The second kappa shape index (κ2) is 9.62. The number of hydrogen-bond acceptors (Lipinski definition) is 4. The molecule has 0 spiro atoms. The Hall–Kier alpha value is -4.13. The molecule has 0 radical (unpaired) electrons. The zero-order chi connectivity index (χ0) is 24.4. The summed E-state index contributed by atoms with van der Waals surface area (Å²) in [6, 6.07) is 24.3. The molecule has 1 aliphatic heterocycles. The van der Waals surface area contributed by atoms with Gasteiger partial charge in [0.05, 0.1) is 6.42 Å². The fraction of sp³-hybridized carbons (Fsp3) is 0.250. The van der Waals surface area contributed by atoms with Gasteiger partial charge in [0.1, 0.15) is 12.6 Å². The lowest BCUT2D eigenvalue weighted by Crippen LogP contribution is -2.54. The molecule has 0 aromatic heterocycles. The maximum absolute atomic E-state index is 13.2. The number of fused-ring (bicyclic) bond motifs is 3. The highest BCUT2D eigenvalue weighted by atomic mass is 16.5. The first-order valence-corrected chi connectivity index (χ1v) is 11.7. The molecule has 2 N–H and O–H groups in total. The number of rotatable bonds is 7. The van der Waals surface area contributed by atoms with Gasteiger partial charge in [0, 0.05) is 24.9 Å². The molecule has 7 nitrogen and oxygen atoms in total. The van der Waals surface area contributed by atoms with Crippen molar-refractivity contribution < 1.29 is 24.2 Å². The Labute approximate surface area is 203 Å². The molecule has 1 fully saturated rings. The summed E-state index contributed by atoms with van der Waals surface area (Å²) in [4.78, 5) is 38.6. The third kappa shape index (κ3) is 4.62. The van der Waals surface area contributed by atoms with Gasteiger partial charge < -0.3 is 20.1 Å². The van der Waals surface area contributed by atoms with Crippen LogP contribution in [0.1, 0.15) is 35.1 Å². The average Bonchev–Trinajstić information content (AvgIpc) is 3.17. The molecule has 35 heavy (non-hydrogen) atoms. The molecule has 2 aliphatic rings. The van der Waals surface area contributed by atoms with Crippen molar-refractivity contribution in [2.24, 2.45) is 5.92 Å². The summed E-state index contributed by atoms with van der Waals surface area (Å²) in [5.74, 6) is -1.29. The largest absolute Gasteiger partial charge is 0.481 e. The van der Waals surface area contributed by atoms with E-state index in [1.165, 1.54) is 0 Å². The van der Waals surface area contributed by atoms with Crippen molar-refractivity contribution in [3.05, 3.63) is 95.6 Å². The Balaban J connectivity index is 1.27. The molecule has 0 unspecified atom stereocenters. The van der Waals surface area contributed by atoms with E-state index in [0.29, 0.717) is 18.7 Å². The van der Waals surface area contributed by atoms with Gasteiger partial charge in [-0.15, -0.1) is 0 Å². The summed E-state index contributed by atoms with van der Waals surface area (Å²) in [5.41, 5.74) is 5.16. The van der Waals surface area contributed by atoms with Crippen LogP contribution < -0.4 is 5.32 Å². The van der Waals surface area contributed by atoms with Crippen LogP contribution in [0, 0.1) is 5.92 Å². The first-order chi connectivity index (χ1) is 17.0. The van der Waals surface area contributed by atoms with Crippen LogP contribution in [0.2, 0.25) is 0 Å². The number of carbonyl (C=O) groups excluding carboxylic acids is 2. The minimum absolute atomic E-state index is 0.0274. The lowest BCUT2D eigenvalue weighted by atomic mass is 9.94. The van der Waals surface area contributed by atoms with Crippen molar-refractivity contribution in [1.82, 2.24) is 10.2 Å². The Morgan fingerprint density at radius 2 is 1.46 bits per heavy atom. The van der Waals surface area contributed by atoms with Crippen molar-refractivity contribution in [2.75, 3.05) is 19.7 Å². The summed E-state index contributed by atoms with van der Waals surface area (Å²) >= 11 is 0. The average molecular weight is 471 g/mol. The molecule has 2 amide bonds. The first-order valence-electron chi connectivity index (χ1n) is 11.7. The first kappa shape index (κ1) is 22.7. The van der Waals surface area contributed by atoms with Gasteiger partial charge in [0.15, 0.2) is 0 Å². The SMILES string of the molecule is O=C(O)CC1CN(C(=O)[C@H](NC(=O)OCC2c3ccccc3-c3ccccc32)c2ccccc2)C1. The summed E-state index contributed by atoms with van der Waals surface area (Å²) in [7, 11) is 0. The van der Waals surface area contributed by atoms with Crippen LogP contribution in [-0.2, 0) is 14.3 Å². The number of carbonyl (C=O) groups is 3. The Kier molecular flexibility index (Phi) is 6.23.